The van der Waals surface area contributed by atoms with Crippen LogP contribution in [0.4, 0.5) is 5.69 Å². The molecule has 0 aliphatic heterocycles. The van der Waals surface area contributed by atoms with Crippen LogP contribution in [0.1, 0.15) is 6.92 Å². The van der Waals surface area contributed by atoms with Gasteiger partial charge >= 0.3 is 5.97 Å². The largest absolute Gasteiger partial charge is 0.467 e. The quantitative estimate of drug-likeness (QED) is 0.753. The molecule has 7 heteroatoms. The van der Waals surface area contributed by atoms with Gasteiger partial charge in [0.25, 0.3) is 0 Å². The highest BCUT2D eigenvalue weighted by Gasteiger charge is 2.20. The SMILES string of the molecule is COC(=O)C(CNc1cc(Br)ccc1Br)NC(C)=O. The van der Waals surface area contributed by atoms with Gasteiger partial charge in [-0.3, -0.25) is 4.79 Å². The Morgan fingerprint density at radius 3 is 2.63 bits per heavy atom. The minimum atomic E-state index is -0.728. The van der Waals surface area contributed by atoms with E-state index in [-0.39, 0.29) is 12.5 Å². The Morgan fingerprint density at radius 2 is 2.05 bits per heavy atom. The van der Waals surface area contributed by atoms with Crippen LogP contribution >= 0.6 is 31.9 Å². The number of rotatable bonds is 5. The number of hydrogen-bond acceptors (Lipinski definition) is 4. The average Bonchev–Trinajstić information content (AvgIpc) is 2.36. The second-order valence-electron chi connectivity index (χ2n) is 3.78. The van der Waals surface area contributed by atoms with Crippen LogP contribution in [0.25, 0.3) is 0 Å². The molecule has 0 aromatic heterocycles. The average molecular weight is 394 g/mol. The van der Waals surface area contributed by atoms with Crippen molar-refractivity contribution in [1.29, 1.82) is 0 Å². The first-order valence-electron chi connectivity index (χ1n) is 5.48. The Balaban J connectivity index is 2.72. The minimum Gasteiger partial charge on any atom is -0.467 e. The number of amides is 1. The molecule has 2 N–H and O–H groups in total. The van der Waals surface area contributed by atoms with Crippen molar-refractivity contribution in [3.05, 3.63) is 27.1 Å². The lowest BCUT2D eigenvalue weighted by Gasteiger charge is -2.17. The molecule has 0 saturated carbocycles. The third-order valence-electron chi connectivity index (χ3n) is 2.29. The molecule has 104 valence electrons. The molecular formula is C12H14Br2N2O3. The van der Waals surface area contributed by atoms with E-state index in [1.54, 1.807) is 0 Å². The number of halogens is 2. The van der Waals surface area contributed by atoms with E-state index in [4.69, 9.17) is 0 Å². The molecule has 1 rings (SSSR count). The third kappa shape index (κ3) is 5.20. The van der Waals surface area contributed by atoms with E-state index in [1.807, 2.05) is 18.2 Å². The molecule has 0 aliphatic rings. The molecule has 1 atom stereocenters. The molecule has 0 heterocycles. The Morgan fingerprint density at radius 1 is 1.37 bits per heavy atom. The summed E-state index contributed by atoms with van der Waals surface area (Å²) in [7, 11) is 1.28. The Bertz CT molecular complexity index is 480. The molecule has 1 aromatic rings. The summed E-state index contributed by atoms with van der Waals surface area (Å²) in [6.45, 7) is 1.59. The highest BCUT2D eigenvalue weighted by molar-refractivity contribution is 9.11. The molecule has 19 heavy (non-hydrogen) atoms. The highest BCUT2D eigenvalue weighted by atomic mass is 79.9. The maximum absolute atomic E-state index is 11.5. The predicted octanol–water partition coefficient (Wildman–Crippen LogP) is 2.30. The van der Waals surface area contributed by atoms with Gasteiger partial charge in [0.05, 0.1) is 7.11 Å². The predicted molar refractivity (Wildman–Crippen MR) is 80.0 cm³/mol. The van der Waals surface area contributed by atoms with E-state index >= 15 is 0 Å². The standard InChI is InChI=1S/C12H14Br2N2O3/c1-7(17)16-11(12(18)19-2)6-15-10-5-8(13)3-4-9(10)14/h3-5,11,15H,6H2,1-2H3,(H,16,17). The van der Waals surface area contributed by atoms with Gasteiger partial charge in [-0.2, -0.15) is 0 Å². The van der Waals surface area contributed by atoms with Gasteiger partial charge in [-0.25, -0.2) is 4.79 Å². The number of ether oxygens (including phenoxy) is 1. The number of methoxy groups -OCH3 is 1. The van der Waals surface area contributed by atoms with E-state index in [1.165, 1.54) is 14.0 Å². The van der Waals surface area contributed by atoms with Crippen molar-refractivity contribution in [2.75, 3.05) is 19.0 Å². The van der Waals surface area contributed by atoms with Crippen LogP contribution < -0.4 is 10.6 Å². The summed E-state index contributed by atoms with van der Waals surface area (Å²) in [6.07, 6.45) is 0. The molecule has 0 aliphatic carbocycles. The molecule has 1 unspecified atom stereocenters. The number of esters is 1. The molecule has 0 spiro atoms. The van der Waals surface area contributed by atoms with Crippen molar-refractivity contribution in [3.63, 3.8) is 0 Å². The van der Waals surface area contributed by atoms with Crippen LogP contribution in [0.5, 0.6) is 0 Å². The fraction of sp³-hybridized carbons (Fsp3) is 0.333. The highest BCUT2D eigenvalue weighted by Crippen LogP contribution is 2.26. The van der Waals surface area contributed by atoms with Crippen LogP contribution in [-0.4, -0.2) is 31.6 Å². The van der Waals surface area contributed by atoms with Crippen molar-refractivity contribution < 1.29 is 14.3 Å². The summed E-state index contributed by atoms with van der Waals surface area (Å²) in [6, 6.07) is 4.90. The zero-order chi connectivity index (χ0) is 14.4. The smallest absolute Gasteiger partial charge is 0.330 e. The lowest BCUT2D eigenvalue weighted by molar-refractivity contribution is -0.144. The normalized spacial score (nSPS) is 11.6. The molecular weight excluding hydrogens is 380 g/mol. The van der Waals surface area contributed by atoms with Crippen LogP contribution in [0.3, 0.4) is 0 Å². The van der Waals surface area contributed by atoms with Crippen LogP contribution in [0, 0.1) is 0 Å². The molecule has 0 fully saturated rings. The monoisotopic (exact) mass is 392 g/mol. The molecule has 0 bridgehead atoms. The molecule has 0 radical (unpaired) electrons. The van der Waals surface area contributed by atoms with Crippen molar-refractivity contribution in [1.82, 2.24) is 5.32 Å². The maximum atomic E-state index is 11.5. The summed E-state index contributed by atoms with van der Waals surface area (Å²) in [5.74, 6) is -0.778. The van der Waals surface area contributed by atoms with E-state index in [0.29, 0.717) is 0 Å². The first-order chi connectivity index (χ1) is 8.93. The minimum absolute atomic E-state index is 0.237. The van der Waals surface area contributed by atoms with E-state index < -0.39 is 12.0 Å². The fourth-order valence-electron chi connectivity index (χ4n) is 1.43. The van der Waals surface area contributed by atoms with Gasteiger partial charge < -0.3 is 15.4 Å². The van der Waals surface area contributed by atoms with Gasteiger partial charge in [0.2, 0.25) is 5.91 Å². The van der Waals surface area contributed by atoms with Gasteiger partial charge in [-0.05, 0) is 34.1 Å². The Labute approximate surface area is 128 Å². The molecule has 1 amide bonds. The van der Waals surface area contributed by atoms with Crippen molar-refractivity contribution >= 4 is 49.4 Å². The zero-order valence-corrected chi connectivity index (χ0v) is 13.7. The van der Waals surface area contributed by atoms with Crippen molar-refractivity contribution in [2.24, 2.45) is 0 Å². The summed E-state index contributed by atoms with van der Waals surface area (Å²) in [5, 5.41) is 5.61. The molecule has 1 aromatic carbocycles. The zero-order valence-electron chi connectivity index (χ0n) is 10.5. The number of nitrogens with one attached hydrogen (secondary N) is 2. The Kier molecular flexibility index (Phi) is 6.30. The number of benzene rings is 1. The fourth-order valence-corrected chi connectivity index (χ4v) is 2.17. The first kappa shape index (κ1) is 16.0. The van der Waals surface area contributed by atoms with Gasteiger partial charge in [-0.1, -0.05) is 15.9 Å². The molecule has 0 saturated heterocycles. The van der Waals surface area contributed by atoms with Crippen molar-refractivity contribution in [2.45, 2.75) is 13.0 Å². The number of carbonyl (C=O) groups is 2. The van der Waals surface area contributed by atoms with E-state index in [0.717, 1.165) is 14.6 Å². The van der Waals surface area contributed by atoms with Crippen molar-refractivity contribution in [3.8, 4) is 0 Å². The Hall–Kier alpha value is -1.08. The summed E-state index contributed by atoms with van der Waals surface area (Å²) in [5.41, 5.74) is 0.814. The third-order valence-corrected chi connectivity index (χ3v) is 3.47. The van der Waals surface area contributed by atoms with Crippen LogP contribution in [0.2, 0.25) is 0 Å². The van der Waals surface area contributed by atoms with Gasteiger partial charge in [-0.15, -0.1) is 0 Å². The van der Waals surface area contributed by atoms with E-state index in [2.05, 4.69) is 47.2 Å². The topological polar surface area (TPSA) is 67.4 Å². The molecule has 5 nitrogen and oxygen atoms in total. The first-order valence-corrected chi connectivity index (χ1v) is 7.06. The number of carbonyl (C=O) groups excluding carboxylic acids is 2. The van der Waals surface area contributed by atoms with Crippen LogP contribution in [0.15, 0.2) is 27.1 Å². The van der Waals surface area contributed by atoms with Crippen LogP contribution in [-0.2, 0) is 14.3 Å². The summed E-state index contributed by atoms with van der Waals surface area (Å²) in [4.78, 5) is 22.6. The van der Waals surface area contributed by atoms with Gasteiger partial charge in [0, 0.05) is 28.1 Å². The second kappa shape index (κ2) is 7.49. The van der Waals surface area contributed by atoms with Gasteiger partial charge in [0.15, 0.2) is 0 Å². The maximum Gasteiger partial charge on any atom is 0.330 e. The van der Waals surface area contributed by atoms with Gasteiger partial charge in [0.1, 0.15) is 6.04 Å². The summed E-state index contributed by atoms with van der Waals surface area (Å²) < 4.78 is 6.41. The summed E-state index contributed by atoms with van der Waals surface area (Å²) >= 11 is 6.76. The van der Waals surface area contributed by atoms with E-state index in [9.17, 15) is 9.59 Å². The second-order valence-corrected chi connectivity index (χ2v) is 5.55. The lowest BCUT2D eigenvalue weighted by Crippen LogP contribution is -2.45. The lowest BCUT2D eigenvalue weighted by atomic mass is 10.2. The number of anilines is 1. The number of hydrogen-bond donors (Lipinski definition) is 2.